The predicted octanol–water partition coefficient (Wildman–Crippen LogP) is 2.03. The Hall–Kier alpha value is -1.72. The van der Waals surface area contributed by atoms with E-state index in [1.165, 1.54) is 6.26 Å². The second-order valence-electron chi connectivity index (χ2n) is 5.72. The molecule has 3 rings (SSSR count). The van der Waals surface area contributed by atoms with Crippen molar-refractivity contribution in [2.75, 3.05) is 13.1 Å². The minimum atomic E-state index is 0.114. The molecule has 0 aliphatic carbocycles. The molecule has 1 aromatic carbocycles. The largest absolute Gasteiger partial charge is 0.507 e. The van der Waals surface area contributed by atoms with Crippen LogP contribution in [0.2, 0.25) is 0 Å². The average Bonchev–Trinajstić information content (AvgIpc) is 2.74. The quantitative estimate of drug-likeness (QED) is 0.783. The summed E-state index contributed by atoms with van der Waals surface area (Å²) in [6.45, 7) is 6.77. The number of nitrogens with zero attached hydrogens (tertiary/aromatic N) is 1. The van der Waals surface area contributed by atoms with Crippen LogP contribution in [0.25, 0.3) is 11.0 Å². The predicted molar refractivity (Wildman–Crippen MR) is 76.9 cm³/mol. The Morgan fingerprint density at radius 3 is 2.60 bits per heavy atom. The second kappa shape index (κ2) is 5.00. The second-order valence-corrected chi connectivity index (χ2v) is 5.72. The van der Waals surface area contributed by atoms with E-state index in [4.69, 9.17) is 4.42 Å². The molecule has 1 saturated heterocycles. The molecule has 5 nitrogen and oxygen atoms in total. The molecular weight excluding hydrogens is 256 g/mol. The highest BCUT2D eigenvalue weighted by molar-refractivity contribution is 5.87. The fraction of sp³-hybridized carbons (Fsp3) is 0.467. The van der Waals surface area contributed by atoms with Crippen molar-refractivity contribution in [3.05, 3.63) is 24.0 Å². The average molecular weight is 276 g/mol. The molecule has 0 amide bonds. The highest BCUT2D eigenvalue weighted by Crippen LogP contribution is 2.34. The smallest absolute Gasteiger partial charge is 0.161 e. The van der Waals surface area contributed by atoms with Gasteiger partial charge in [0.1, 0.15) is 17.6 Å². The van der Waals surface area contributed by atoms with Crippen molar-refractivity contribution < 1.29 is 14.6 Å². The van der Waals surface area contributed by atoms with Crippen LogP contribution in [0.3, 0.4) is 0 Å². The number of hydrogen-bond acceptors (Lipinski definition) is 5. The van der Waals surface area contributed by atoms with Gasteiger partial charge in [0.05, 0.1) is 10.9 Å². The summed E-state index contributed by atoms with van der Waals surface area (Å²) in [4.78, 5) is 2.29. The standard InChI is InChI=1S/C15H20N2O3/c1-9-5-17(6-10(2)16-9)7-12-13(18)4-3-11-14(19)8-20-15(11)12/h3-4,8-10,16,18-19H,5-7H2,1-2H3/t9-,10+. The molecule has 2 aromatic rings. The zero-order chi connectivity index (χ0) is 14.3. The number of piperazine rings is 1. The molecule has 1 aromatic heterocycles. The maximum atomic E-state index is 10.1. The van der Waals surface area contributed by atoms with Gasteiger partial charge in [-0.05, 0) is 26.0 Å². The molecule has 5 heteroatoms. The van der Waals surface area contributed by atoms with Crippen LogP contribution < -0.4 is 5.32 Å². The SMILES string of the molecule is C[C@@H]1CN(Cc2c(O)ccc3c(O)coc23)C[C@H](C)N1. The van der Waals surface area contributed by atoms with Crippen LogP contribution in [0, 0.1) is 0 Å². The Morgan fingerprint density at radius 1 is 1.20 bits per heavy atom. The number of aromatic hydroxyl groups is 2. The van der Waals surface area contributed by atoms with Crippen LogP contribution >= 0.6 is 0 Å². The van der Waals surface area contributed by atoms with Crippen LogP contribution in [0.5, 0.6) is 11.5 Å². The zero-order valence-electron chi connectivity index (χ0n) is 11.8. The van der Waals surface area contributed by atoms with Gasteiger partial charge in [-0.2, -0.15) is 0 Å². The number of phenols is 1. The van der Waals surface area contributed by atoms with Gasteiger partial charge in [-0.15, -0.1) is 0 Å². The Morgan fingerprint density at radius 2 is 1.90 bits per heavy atom. The molecule has 0 unspecified atom stereocenters. The number of benzene rings is 1. The van der Waals surface area contributed by atoms with Crippen molar-refractivity contribution >= 4 is 11.0 Å². The first kappa shape index (κ1) is 13.3. The third-order valence-electron chi connectivity index (χ3n) is 3.82. The molecule has 1 aliphatic heterocycles. The number of nitrogens with one attached hydrogen (secondary N) is 1. The number of rotatable bonds is 2. The Kier molecular flexibility index (Phi) is 3.31. The Balaban J connectivity index is 1.92. The van der Waals surface area contributed by atoms with Crippen molar-refractivity contribution in [3.8, 4) is 11.5 Å². The van der Waals surface area contributed by atoms with Crippen LogP contribution in [0.4, 0.5) is 0 Å². The monoisotopic (exact) mass is 276 g/mol. The molecule has 0 radical (unpaired) electrons. The maximum absolute atomic E-state index is 10.1. The van der Waals surface area contributed by atoms with E-state index in [0.29, 0.717) is 29.6 Å². The van der Waals surface area contributed by atoms with Gasteiger partial charge in [0.25, 0.3) is 0 Å². The van der Waals surface area contributed by atoms with Crippen molar-refractivity contribution in [1.29, 1.82) is 0 Å². The van der Waals surface area contributed by atoms with Crippen LogP contribution in [-0.4, -0.2) is 40.3 Å². The highest BCUT2D eigenvalue weighted by atomic mass is 16.4. The van der Waals surface area contributed by atoms with Gasteiger partial charge in [-0.25, -0.2) is 0 Å². The van der Waals surface area contributed by atoms with Gasteiger partial charge in [0, 0.05) is 31.7 Å². The molecule has 108 valence electrons. The number of furan rings is 1. The molecule has 20 heavy (non-hydrogen) atoms. The third-order valence-corrected chi connectivity index (χ3v) is 3.82. The normalized spacial score (nSPS) is 24.3. The molecule has 0 saturated carbocycles. The number of hydrogen-bond donors (Lipinski definition) is 3. The Labute approximate surface area is 117 Å². The van der Waals surface area contributed by atoms with Gasteiger partial charge in [0.15, 0.2) is 5.75 Å². The zero-order valence-corrected chi connectivity index (χ0v) is 11.8. The van der Waals surface area contributed by atoms with E-state index in [2.05, 4.69) is 24.1 Å². The summed E-state index contributed by atoms with van der Waals surface area (Å²) in [5.41, 5.74) is 1.31. The van der Waals surface area contributed by atoms with E-state index in [9.17, 15) is 10.2 Å². The minimum Gasteiger partial charge on any atom is -0.507 e. The van der Waals surface area contributed by atoms with E-state index in [-0.39, 0.29) is 11.5 Å². The van der Waals surface area contributed by atoms with Gasteiger partial charge in [-0.1, -0.05) is 0 Å². The van der Waals surface area contributed by atoms with Gasteiger partial charge < -0.3 is 19.9 Å². The van der Waals surface area contributed by atoms with E-state index in [0.717, 1.165) is 18.7 Å². The molecule has 2 heterocycles. The Bertz CT molecular complexity index is 613. The summed E-state index contributed by atoms with van der Waals surface area (Å²) in [6, 6.07) is 4.13. The van der Waals surface area contributed by atoms with Crippen LogP contribution in [0.1, 0.15) is 19.4 Å². The highest BCUT2D eigenvalue weighted by Gasteiger charge is 2.23. The summed E-state index contributed by atoms with van der Waals surface area (Å²) in [5.74, 6) is 0.328. The number of phenolic OH excluding ortho intramolecular Hbond substituents is 1. The first-order valence-electron chi connectivity index (χ1n) is 6.94. The van der Waals surface area contributed by atoms with E-state index < -0.39 is 0 Å². The maximum Gasteiger partial charge on any atom is 0.161 e. The first-order valence-corrected chi connectivity index (χ1v) is 6.94. The minimum absolute atomic E-state index is 0.114. The van der Waals surface area contributed by atoms with Crippen LogP contribution in [0.15, 0.2) is 22.8 Å². The molecular formula is C15H20N2O3. The van der Waals surface area contributed by atoms with Gasteiger partial charge >= 0.3 is 0 Å². The number of fused-ring (bicyclic) bond motifs is 1. The lowest BCUT2D eigenvalue weighted by Crippen LogP contribution is -2.53. The van der Waals surface area contributed by atoms with Gasteiger partial charge in [0.2, 0.25) is 0 Å². The summed E-state index contributed by atoms with van der Waals surface area (Å²) < 4.78 is 5.40. The van der Waals surface area contributed by atoms with Crippen molar-refractivity contribution in [1.82, 2.24) is 10.2 Å². The van der Waals surface area contributed by atoms with Crippen molar-refractivity contribution in [3.63, 3.8) is 0 Å². The summed E-state index contributed by atoms with van der Waals surface area (Å²) in [5, 5.41) is 23.9. The summed E-state index contributed by atoms with van der Waals surface area (Å²) in [7, 11) is 0. The lowest BCUT2D eigenvalue weighted by atomic mass is 10.1. The molecule has 1 fully saturated rings. The third kappa shape index (κ3) is 2.34. The topological polar surface area (TPSA) is 68.9 Å². The molecule has 1 aliphatic rings. The fourth-order valence-electron chi connectivity index (χ4n) is 3.08. The first-order chi connectivity index (χ1) is 9.54. The van der Waals surface area contributed by atoms with E-state index >= 15 is 0 Å². The van der Waals surface area contributed by atoms with E-state index in [1.807, 2.05) is 0 Å². The molecule has 3 N–H and O–H groups in total. The molecule has 2 atom stereocenters. The molecule has 0 bridgehead atoms. The summed E-state index contributed by atoms with van der Waals surface area (Å²) in [6.07, 6.45) is 1.32. The lowest BCUT2D eigenvalue weighted by molar-refractivity contribution is 0.165. The van der Waals surface area contributed by atoms with Crippen LogP contribution in [-0.2, 0) is 6.54 Å². The molecule has 0 spiro atoms. The van der Waals surface area contributed by atoms with E-state index in [1.54, 1.807) is 12.1 Å². The lowest BCUT2D eigenvalue weighted by Gasteiger charge is -2.36. The van der Waals surface area contributed by atoms with Crippen molar-refractivity contribution in [2.45, 2.75) is 32.5 Å². The summed E-state index contributed by atoms with van der Waals surface area (Å²) >= 11 is 0. The fourth-order valence-corrected chi connectivity index (χ4v) is 3.08. The van der Waals surface area contributed by atoms with Crippen molar-refractivity contribution in [2.24, 2.45) is 0 Å². The van der Waals surface area contributed by atoms with Gasteiger partial charge in [-0.3, -0.25) is 4.90 Å².